The van der Waals surface area contributed by atoms with Crippen LogP contribution in [0.2, 0.25) is 0 Å². The molecule has 0 amide bonds. The summed E-state index contributed by atoms with van der Waals surface area (Å²) in [6.07, 6.45) is 5.55. The monoisotopic (exact) mass is 353 g/mol. The molecule has 1 aliphatic rings. The standard InChI is InChI=1S/C20H23N3OS/c1-14-5-4-11-23(14)12-10-19-22-20-16(6-3-7-17(20)25-19)15-8-9-18(24-2)21-13-15/h3,6-9,13-14H,4-5,10-12H2,1-2H3. The summed E-state index contributed by atoms with van der Waals surface area (Å²) in [5, 5.41) is 1.23. The number of nitrogens with zero attached hydrogens (tertiary/aromatic N) is 3. The van der Waals surface area contributed by atoms with Crippen molar-refractivity contribution in [2.75, 3.05) is 20.2 Å². The van der Waals surface area contributed by atoms with Crippen LogP contribution < -0.4 is 4.74 Å². The van der Waals surface area contributed by atoms with Gasteiger partial charge >= 0.3 is 0 Å². The molecular weight excluding hydrogens is 330 g/mol. The lowest BCUT2D eigenvalue weighted by Crippen LogP contribution is -2.28. The summed E-state index contributed by atoms with van der Waals surface area (Å²) in [6, 6.07) is 11.1. The summed E-state index contributed by atoms with van der Waals surface area (Å²) in [7, 11) is 1.64. The number of methoxy groups -OCH3 is 1. The highest BCUT2D eigenvalue weighted by Crippen LogP contribution is 2.32. The van der Waals surface area contributed by atoms with Gasteiger partial charge in [0.2, 0.25) is 5.88 Å². The molecular formula is C20H23N3OS. The number of pyridine rings is 1. The molecule has 4 nitrogen and oxygen atoms in total. The Bertz CT molecular complexity index is 859. The largest absolute Gasteiger partial charge is 0.481 e. The Kier molecular flexibility index (Phi) is 4.68. The summed E-state index contributed by atoms with van der Waals surface area (Å²) in [5.74, 6) is 0.634. The van der Waals surface area contributed by atoms with Gasteiger partial charge < -0.3 is 9.64 Å². The van der Waals surface area contributed by atoms with Crippen molar-refractivity contribution in [3.8, 4) is 17.0 Å². The fourth-order valence-corrected chi connectivity index (χ4v) is 4.54. The van der Waals surface area contributed by atoms with Crippen molar-refractivity contribution < 1.29 is 4.74 Å². The Morgan fingerprint density at radius 2 is 2.20 bits per heavy atom. The second-order valence-electron chi connectivity index (χ2n) is 6.63. The molecule has 130 valence electrons. The van der Waals surface area contributed by atoms with Crippen molar-refractivity contribution >= 4 is 21.6 Å². The first-order chi connectivity index (χ1) is 12.2. The van der Waals surface area contributed by atoms with E-state index in [2.05, 4.69) is 35.0 Å². The van der Waals surface area contributed by atoms with E-state index in [1.807, 2.05) is 29.7 Å². The summed E-state index contributed by atoms with van der Waals surface area (Å²) in [6.45, 7) is 4.68. The predicted molar refractivity (Wildman–Crippen MR) is 103 cm³/mol. The molecule has 0 aliphatic carbocycles. The lowest BCUT2D eigenvalue weighted by molar-refractivity contribution is 0.272. The molecule has 1 atom stereocenters. The quantitative estimate of drug-likeness (QED) is 0.682. The molecule has 2 aromatic heterocycles. The van der Waals surface area contributed by atoms with Crippen LogP contribution in [0.4, 0.5) is 0 Å². The van der Waals surface area contributed by atoms with E-state index in [4.69, 9.17) is 9.72 Å². The molecule has 1 unspecified atom stereocenters. The third-order valence-electron chi connectivity index (χ3n) is 5.02. The molecule has 0 bridgehead atoms. The highest BCUT2D eigenvalue weighted by Gasteiger charge is 2.20. The van der Waals surface area contributed by atoms with E-state index in [0.717, 1.165) is 35.7 Å². The minimum atomic E-state index is 0.634. The van der Waals surface area contributed by atoms with Gasteiger partial charge in [0.1, 0.15) is 0 Å². The molecule has 1 aliphatic heterocycles. The van der Waals surface area contributed by atoms with Gasteiger partial charge in [0.05, 0.1) is 22.3 Å². The van der Waals surface area contributed by atoms with E-state index < -0.39 is 0 Å². The number of likely N-dealkylation sites (tertiary alicyclic amines) is 1. The molecule has 1 fully saturated rings. The highest BCUT2D eigenvalue weighted by atomic mass is 32.1. The van der Waals surface area contributed by atoms with E-state index in [1.54, 1.807) is 7.11 Å². The van der Waals surface area contributed by atoms with Gasteiger partial charge in [-0.3, -0.25) is 0 Å². The van der Waals surface area contributed by atoms with Crippen LogP contribution in [0.5, 0.6) is 5.88 Å². The van der Waals surface area contributed by atoms with Crippen molar-refractivity contribution in [3.63, 3.8) is 0 Å². The van der Waals surface area contributed by atoms with Gasteiger partial charge in [-0.1, -0.05) is 12.1 Å². The molecule has 25 heavy (non-hydrogen) atoms. The summed E-state index contributed by atoms with van der Waals surface area (Å²) < 4.78 is 6.40. The summed E-state index contributed by atoms with van der Waals surface area (Å²) in [5.41, 5.74) is 3.31. The van der Waals surface area contributed by atoms with Crippen LogP contribution in [0.1, 0.15) is 24.8 Å². The van der Waals surface area contributed by atoms with Crippen LogP contribution in [-0.2, 0) is 6.42 Å². The van der Waals surface area contributed by atoms with Crippen molar-refractivity contribution in [2.45, 2.75) is 32.2 Å². The fourth-order valence-electron chi connectivity index (χ4n) is 3.56. The number of ether oxygens (including phenoxy) is 1. The maximum absolute atomic E-state index is 5.16. The number of rotatable bonds is 5. The summed E-state index contributed by atoms with van der Waals surface area (Å²) >= 11 is 1.82. The van der Waals surface area contributed by atoms with E-state index in [-0.39, 0.29) is 0 Å². The zero-order valence-electron chi connectivity index (χ0n) is 14.7. The minimum Gasteiger partial charge on any atom is -0.481 e. The molecule has 3 heterocycles. The third-order valence-corrected chi connectivity index (χ3v) is 6.10. The van der Waals surface area contributed by atoms with E-state index >= 15 is 0 Å². The average molecular weight is 353 g/mol. The molecule has 0 spiro atoms. The van der Waals surface area contributed by atoms with Crippen LogP contribution >= 0.6 is 11.3 Å². The van der Waals surface area contributed by atoms with Crippen LogP contribution in [-0.4, -0.2) is 41.1 Å². The SMILES string of the molecule is COc1ccc(-c2cccc3sc(CCN4CCCC4C)nc23)cn1. The van der Waals surface area contributed by atoms with Crippen LogP contribution in [0, 0.1) is 0 Å². The number of thiazole rings is 1. The molecule has 1 aromatic carbocycles. The molecule has 5 heteroatoms. The lowest BCUT2D eigenvalue weighted by atomic mass is 10.1. The summed E-state index contributed by atoms with van der Waals surface area (Å²) in [4.78, 5) is 11.9. The molecule has 0 saturated carbocycles. The van der Waals surface area contributed by atoms with Crippen molar-refractivity contribution in [3.05, 3.63) is 41.5 Å². The molecule has 0 radical (unpaired) electrons. The Labute approximate surface area is 152 Å². The average Bonchev–Trinajstić information content (AvgIpc) is 3.25. The van der Waals surface area contributed by atoms with Crippen molar-refractivity contribution in [2.24, 2.45) is 0 Å². The van der Waals surface area contributed by atoms with Gasteiger partial charge in [0, 0.05) is 42.4 Å². The first-order valence-corrected chi connectivity index (χ1v) is 9.69. The van der Waals surface area contributed by atoms with Gasteiger partial charge in [-0.15, -0.1) is 11.3 Å². The highest BCUT2D eigenvalue weighted by molar-refractivity contribution is 7.18. The van der Waals surface area contributed by atoms with Crippen molar-refractivity contribution in [1.29, 1.82) is 0 Å². The van der Waals surface area contributed by atoms with Crippen LogP contribution in [0.3, 0.4) is 0 Å². The number of hydrogen-bond donors (Lipinski definition) is 0. The first kappa shape index (κ1) is 16.5. The maximum Gasteiger partial charge on any atom is 0.212 e. The Morgan fingerprint density at radius 1 is 1.28 bits per heavy atom. The van der Waals surface area contributed by atoms with Gasteiger partial charge in [-0.25, -0.2) is 9.97 Å². The number of benzene rings is 1. The third kappa shape index (κ3) is 3.39. The number of para-hydroxylation sites is 1. The van der Waals surface area contributed by atoms with Gasteiger partial charge in [0.15, 0.2) is 0 Å². The Balaban J connectivity index is 1.59. The predicted octanol–water partition coefficient (Wildman–Crippen LogP) is 4.39. The topological polar surface area (TPSA) is 38.2 Å². The number of fused-ring (bicyclic) bond motifs is 1. The Morgan fingerprint density at radius 3 is 2.92 bits per heavy atom. The molecule has 4 rings (SSSR count). The van der Waals surface area contributed by atoms with Crippen LogP contribution in [0.25, 0.3) is 21.3 Å². The van der Waals surface area contributed by atoms with Gasteiger partial charge in [0.25, 0.3) is 0 Å². The van der Waals surface area contributed by atoms with E-state index in [1.165, 1.54) is 29.1 Å². The second kappa shape index (κ2) is 7.10. The normalized spacial score (nSPS) is 18.1. The van der Waals surface area contributed by atoms with Gasteiger partial charge in [-0.05, 0) is 38.4 Å². The van der Waals surface area contributed by atoms with Crippen molar-refractivity contribution in [1.82, 2.24) is 14.9 Å². The molecule has 0 N–H and O–H groups in total. The fraction of sp³-hybridized carbons (Fsp3) is 0.400. The van der Waals surface area contributed by atoms with Crippen LogP contribution in [0.15, 0.2) is 36.5 Å². The van der Waals surface area contributed by atoms with E-state index in [9.17, 15) is 0 Å². The Hall–Kier alpha value is -1.98. The first-order valence-electron chi connectivity index (χ1n) is 8.87. The minimum absolute atomic E-state index is 0.634. The zero-order chi connectivity index (χ0) is 17.2. The maximum atomic E-state index is 5.16. The number of hydrogen-bond acceptors (Lipinski definition) is 5. The van der Waals surface area contributed by atoms with Gasteiger partial charge in [-0.2, -0.15) is 0 Å². The lowest BCUT2D eigenvalue weighted by Gasteiger charge is -2.19. The molecule has 1 saturated heterocycles. The molecule has 3 aromatic rings. The second-order valence-corrected chi connectivity index (χ2v) is 7.74. The zero-order valence-corrected chi connectivity index (χ0v) is 15.6. The number of aromatic nitrogens is 2. The van der Waals surface area contributed by atoms with E-state index in [0.29, 0.717) is 5.88 Å². The smallest absolute Gasteiger partial charge is 0.212 e.